The van der Waals surface area contributed by atoms with Crippen LogP contribution >= 0.6 is 0 Å². The molecular formula is C8H13N3O. The van der Waals surface area contributed by atoms with Gasteiger partial charge in [0.05, 0.1) is 6.20 Å². The second kappa shape index (κ2) is 3.38. The second-order valence-electron chi connectivity index (χ2n) is 2.82. The van der Waals surface area contributed by atoms with E-state index in [2.05, 4.69) is 5.10 Å². The Morgan fingerprint density at radius 1 is 1.83 bits per heavy atom. The van der Waals surface area contributed by atoms with Gasteiger partial charge >= 0.3 is 0 Å². The van der Waals surface area contributed by atoms with Crippen molar-refractivity contribution in [2.75, 3.05) is 0 Å². The number of primary amides is 1. The number of carbonyl (C=O) groups is 1. The highest BCUT2D eigenvalue weighted by Gasteiger charge is 2.14. The topological polar surface area (TPSA) is 60.9 Å². The Bertz CT molecular complexity index is 280. The van der Waals surface area contributed by atoms with E-state index in [-0.39, 0.29) is 11.9 Å². The van der Waals surface area contributed by atoms with Gasteiger partial charge in [-0.15, -0.1) is 0 Å². The minimum Gasteiger partial charge on any atom is -0.368 e. The molecule has 0 unspecified atom stereocenters. The summed E-state index contributed by atoms with van der Waals surface area (Å²) in [5.74, 6) is -0.333. The maximum absolute atomic E-state index is 10.9. The molecule has 0 bridgehead atoms. The van der Waals surface area contributed by atoms with Crippen molar-refractivity contribution in [3.05, 3.63) is 18.0 Å². The van der Waals surface area contributed by atoms with E-state index in [0.29, 0.717) is 6.42 Å². The van der Waals surface area contributed by atoms with Crippen molar-refractivity contribution in [3.63, 3.8) is 0 Å². The van der Waals surface area contributed by atoms with Crippen molar-refractivity contribution in [2.24, 2.45) is 5.73 Å². The standard InChI is InChI=1S/C8H13N3O/c1-3-7(8(9)12)11-5-6(2)4-10-11/h4-5,7H,3H2,1-2H3,(H2,9,12)/t7-/m1/s1. The van der Waals surface area contributed by atoms with Gasteiger partial charge in [0.25, 0.3) is 0 Å². The third kappa shape index (κ3) is 1.64. The predicted octanol–water partition coefficient (Wildman–Crippen LogP) is 0.628. The molecular weight excluding hydrogens is 154 g/mol. The number of amides is 1. The number of carbonyl (C=O) groups excluding carboxylic acids is 1. The summed E-state index contributed by atoms with van der Waals surface area (Å²) in [7, 11) is 0. The summed E-state index contributed by atoms with van der Waals surface area (Å²) < 4.78 is 1.61. The summed E-state index contributed by atoms with van der Waals surface area (Å²) in [6.45, 7) is 3.84. The van der Waals surface area contributed by atoms with Gasteiger partial charge in [-0.05, 0) is 18.9 Å². The summed E-state index contributed by atoms with van der Waals surface area (Å²) >= 11 is 0. The molecule has 1 amide bonds. The lowest BCUT2D eigenvalue weighted by molar-refractivity contribution is -0.121. The van der Waals surface area contributed by atoms with Gasteiger partial charge < -0.3 is 5.73 Å². The molecule has 12 heavy (non-hydrogen) atoms. The Kier molecular flexibility index (Phi) is 2.47. The summed E-state index contributed by atoms with van der Waals surface area (Å²) in [5.41, 5.74) is 6.23. The lowest BCUT2D eigenvalue weighted by Gasteiger charge is -2.10. The lowest BCUT2D eigenvalue weighted by atomic mass is 10.2. The van der Waals surface area contributed by atoms with Gasteiger partial charge in [0.15, 0.2) is 0 Å². The van der Waals surface area contributed by atoms with Crippen LogP contribution in [0.25, 0.3) is 0 Å². The molecule has 4 heteroatoms. The third-order valence-electron chi connectivity index (χ3n) is 1.77. The molecule has 0 aromatic carbocycles. The number of hydrogen-bond acceptors (Lipinski definition) is 2. The first-order valence-corrected chi connectivity index (χ1v) is 3.95. The van der Waals surface area contributed by atoms with Gasteiger partial charge in [-0.2, -0.15) is 5.10 Å². The van der Waals surface area contributed by atoms with Crippen LogP contribution in [0, 0.1) is 6.92 Å². The van der Waals surface area contributed by atoms with E-state index in [0.717, 1.165) is 5.56 Å². The summed E-state index contributed by atoms with van der Waals surface area (Å²) in [6.07, 6.45) is 4.21. The van der Waals surface area contributed by atoms with E-state index in [1.807, 2.05) is 20.0 Å². The van der Waals surface area contributed by atoms with Crippen LogP contribution in [0.15, 0.2) is 12.4 Å². The molecule has 1 atom stereocenters. The molecule has 0 aliphatic rings. The van der Waals surface area contributed by atoms with E-state index >= 15 is 0 Å². The highest BCUT2D eigenvalue weighted by molar-refractivity contribution is 5.78. The van der Waals surface area contributed by atoms with Gasteiger partial charge in [0, 0.05) is 6.20 Å². The van der Waals surface area contributed by atoms with Crippen molar-refractivity contribution in [3.8, 4) is 0 Å². The minimum atomic E-state index is -0.333. The van der Waals surface area contributed by atoms with Crippen LogP contribution in [-0.2, 0) is 4.79 Å². The number of aromatic nitrogens is 2. The quantitative estimate of drug-likeness (QED) is 0.717. The van der Waals surface area contributed by atoms with Crippen molar-refractivity contribution in [1.29, 1.82) is 0 Å². The van der Waals surface area contributed by atoms with E-state index in [9.17, 15) is 4.79 Å². The van der Waals surface area contributed by atoms with Gasteiger partial charge in [-0.3, -0.25) is 9.48 Å². The van der Waals surface area contributed by atoms with Crippen LogP contribution in [0.4, 0.5) is 0 Å². The molecule has 66 valence electrons. The number of nitrogens with zero attached hydrogens (tertiary/aromatic N) is 2. The van der Waals surface area contributed by atoms with Gasteiger partial charge in [0.1, 0.15) is 6.04 Å². The predicted molar refractivity (Wildman–Crippen MR) is 45.5 cm³/mol. The highest BCUT2D eigenvalue weighted by Crippen LogP contribution is 2.09. The number of rotatable bonds is 3. The van der Waals surface area contributed by atoms with Crippen LogP contribution < -0.4 is 5.73 Å². The monoisotopic (exact) mass is 167 g/mol. The van der Waals surface area contributed by atoms with Gasteiger partial charge in [-0.25, -0.2) is 0 Å². The molecule has 0 spiro atoms. The molecule has 0 saturated heterocycles. The molecule has 1 heterocycles. The number of aryl methyl sites for hydroxylation is 1. The second-order valence-corrected chi connectivity index (χ2v) is 2.82. The molecule has 1 rings (SSSR count). The van der Waals surface area contributed by atoms with E-state index in [1.54, 1.807) is 10.9 Å². The first-order valence-electron chi connectivity index (χ1n) is 3.95. The molecule has 0 fully saturated rings. The van der Waals surface area contributed by atoms with Crippen molar-refractivity contribution in [1.82, 2.24) is 9.78 Å². The van der Waals surface area contributed by atoms with Crippen LogP contribution in [0.3, 0.4) is 0 Å². The first kappa shape index (κ1) is 8.77. The molecule has 0 aliphatic heterocycles. The van der Waals surface area contributed by atoms with E-state index in [4.69, 9.17) is 5.73 Å². The Labute approximate surface area is 71.4 Å². The maximum atomic E-state index is 10.9. The SMILES string of the molecule is CC[C@H](C(N)=O)n1cc(C)cn1. The third-order valence-corrected chi connectivity index (χ3v) is 1.77. The molecule has 1 aromatic rings. The fourth-order valence-corrected chi connectivity index (χ4v) is 1.12. The summed E-state index contributed by atoms with van der Waals surface area (Å²) in [4.78, 5) is 10.9. The largest absolute Gasteiger partial charge is 0.368 e. The van der Waals surface area contributed by atoms with Crippen LogP contribution in [0.5, 0.6) is 0 Å². The zero-order valence-corrected chi connectivity index (χ0v) is 7.32. The van der Waals surface area contributed by atoms with E-state index < -0.39 is 0 Å². The fourth-order valence-electron chi connectivity index (χ4n) is 1.12. The molecule has 0 radical (unpaired) electrons. The van der Waals surface area contributed by atoms with Crippen LogP contribution in [0.2, 0.25) is 0 Å². The Morgan fingerprint density at radius 2 is 2.50 bits per heavy atom. The molecule has 0 saturated carbocycles. The zero-order chi connectivity index (χ0) is 9.14. The Hall–Kier alpha value is -1.32. The van der Waals surface area contributed by atoms with Crippen LogP contribution in [0.1, 0.15) is 24.9 Å². The normalized spacial score (nSPS) is 12.8. The van der Waals surface area contributed by atoms with Crippen molar-refractivity contribution >= 4 is 5.91 Å². The average molecular weight is 167 g/mol. The Morgan fingerprint density at radius 3 is 2.83 bits per heavy atom. The van der Waals surface area contributed by atoms with Crippen LogP contribution in [-0.4, -0.2) is 15.7 Å². The zero-order valence-electron chi connectivity index (χ0n) is 7.32. The summed E-state index contributed by atoms with van der Waals surface area (Å²) in [6, 6.07) is -0.307. The molecule has 0 aliphatic carbocycles. The Balaban J connectivity index is 2.87. The lowest BCUT2D eigenvalue weighted by Crippen LogP contribution is -2.26. The van der Waals surface area contributed by atoms with Crippen molar-refractivity contribution < 1.29 is 4.79 Å². The van der Waals surface area contributed by atoms with Gasteiger partial charge in [0.2, 0.25) is 5.91 Å². The number of nitrogens with two attached hydrogens (primary N) is 1. The average Bonchev–Trinajstić information content (AvgIpc) is 2.37. The molecule has 1 aromatic heterocycles. The highest BCUT2D eigenvalue weighted by atomic mass is 16.1. The van der Waals surface area contributed by atoms with E-state index in [1.165, 1.54) is 0 Å². The smallest absolute Gasteiger partial charge is 0.242 e. The van der Waals surface area contributed by atoms with Gasteiger partial charge in [-0.1, -0.05) is 6.92 Å². The first-order chi connectivity index (χ1) is 5.65. The summed E-state index contributed by atoms with van der Waals surface area (Å²) in [5, 5.41) is 4.02. The maximum Gasteiger partial charge on any atom is 0.242 e. The molecule has 4 nitrogen and oxygen atoms in total. The van der Waals surface area contributed by atoms with Crippen molar-refractivity contribution in [2.45, 2.75) is 26.3 Å². The molecule has 2 N–H and O–H groups in total. The fraction of sp³-hybridized carbons (Fsp3) is 0.500. The number of hydrogen-bond donors (Lipinski definition) is 1. The minimum absolute atomic E-state index is 0.307.